The lowest BCUT2D eigenvalue weighted by Crippen LogP contribution is -2.09. The van der Waals surface area contributed by atoms with Gasteiger partial charge in [0, 0.05) is 24.2 Å². The molecule has 0 aliphatic heterocycles. The molecule has 0 spiro atoms. The first kappa shape index (κ1) is 15.0. The number of carbonyl (C=O) groups is 1. The van der Waals surface area contributed by atoms with E-state index in [4.69, 9.17) is 4.74 Å². The average Bonchev–Trinajstić information content (AvgIpc) is 2.43. The smallest absolute Gasteiger partial charge is 0.341 e. The predicted molar refractivity (Wildman–Crippen MR) is 78.7 cm³/mol. The zero-order valence-corrected chi connectivity index (χ0v) is 12.2. The van der Waals surface area contributed by atoms with Gasteiger partial charge >= 0.3 is 5.97 Å². The molecule has 0 aliphatic carbocycles. The monoisotopic (exact) mass is 286 g/mol. The summed E-state index contributed by atoms with van der Waals surface area (Å²) in [5.74, 6) is -0.619. The second-order valence-corrected chi connectivity index (χ2v) is 4.83. The number of aryl methyl sites for hydroxylation is 3. The van der Waals surface area contributed by atoms with Crippen molar-refractivity contribution in [2.45, 2.75) is 26.7 Å². The summed E-state index contributed by atoms with van der Waals surface area (Å²) in [5.41, 5.74) is 2.56. The number of aromatic nitrogens is 2. The molecule has 0 saturated carbocycles. The molecule has 1 N–H and O–H groups in total. The van der Waals surface area contributed by atoms with Crippen LogP contribution in [0.3, 0.4) is 0 Å². The van der Waals surface area contributed by atoms with Crippen LogP contribution in [0.25, 0.3) is 0 Å². The fourth-order valence-corrected chi connectivity index (χ4v) is 2.17. The molecular weight excluding hydrogens is 268 g/mol. The molecular formula is C16H18N2O3. The molecule has 5 heteroatoms. The summed E-state index contributed by atoms with van der Waals surface area (Å²) in [5, 5.41) is 9.24. The Morgan fingerprint density at radius 3 is 2.67 bits per heavy atom. The van der Waals surface area contributed by atoms with E-state index in [-0.39, 0.29) is 5.56 Å². The summed E-state index contributed by atoms with van der Waals surface area (Å²) in [6.45, 7) is 3.97. The molecule has 110 valence electrons. The van der Waals surface area contributed by atoms with Gasteiger partial charge in [-0.25, -0.2) is 4.79 Å². The number of rotatable bonds is 6. The lowest BCUT2D eigenvalue weighted by Gasteiger charge is -2.11. The summed E-state index contributed by atoms with van der Waals surface area (Å²) in [4.78, 5) is 19.4. The first-order valence-electron chi connectivity index (χ1n) is 6.81. The van der Waals surface area contributed by atoms with E-state index in [0.717, 1.165) is 18.5 Å². The SMILES string of the molecule is Cc1cc(OCCCc2ccncc2)c(C(=O)O)c(C)n1. The molecule has 2 aromatic heterocycles. The van der Waals surface area contributed by atoms with Crippen molar-refractivity contribution in [3.8, 4) is 5.75 Å². The van der Waals surface area contributed by atoms with Crippen LogP contribution < -0.4 is 4.74 Å². The van der Waals surface area contributed by atoms with E-state index >= 15 is 0 Å². The van der Waals surface area contributed by atoms with Crippen molar-refractivity contribution in [2.24, 2.45) is 0 Å². The highest BCUT2D eigenvalue weighted by molar-refractivity contribution is 5.92. The number of aromatic carboxylic acids is 1. The second kappa shape index (κ2) is 6.83. The Morgan fingerprint density at radius 2 is 2.00 bits per heavy atom. The summed E-state index contributed by atoms with van der Waals surface area (Å²) in [7, 11) is 0. The molecule has 0 atom stereocenters. The summed E-state index contributed by atoms with van der Waals surface area (Å²) in [6.07, 6.45) is 5.19. The third-order valence-corrected chi connectivity index (χ3v) is 3.12. The van der Waals surface area contributed by atoms with Crippen molar-refractivity contribution in [3.05, 3.63) is 53.1 Å². The lowest BCUT2D eigenvalue weighted by molar-refractivity contribution is 0.0690. The van der Waals surface area contributed by atoms with Crippen LogP contribution in [0.5, 0.6) is 5.75 Å². The van der Waals surface area contributed by atoms with Crippen molar-refractivity contribution in [3.63, 3.8) is 0 Å². The standard InChI is InChI=1S/C16H18N2O3/c1-11-10-14(15(16(19)20)12(2)18-11)21-9-3-4-13-5-7-17-8-6-13/h5-8,10H,3-4,9H2,1-2H3,(H,19,20). The van der Waals surface area contributed by atoms with Crippen LogP contribution in [-0.4, -0.2) is 27.7 Å². The maximum absolute atomic E-state index is 11.3. The molecule has 2 rings (SSSR count). The van der Waals surface area contributed by atoms with Crippen molar-refractivity contribution >= 4 is 5.97 Å². The minimum atomic E-state index is -1.01. The van der Waals surface area contributed by atoms with Gasteiger partial charge in [-0.05, 0) is 44.4 Å². The maximum atomic E-state index is 11.3. The topological polar surface area (TPSA) is 72.3 Å². The number of pyridine rings is 2. The Hall–Kier alpha value is -2.43. The van der Waals surface area contributed by atoms with Crippen molar-refractivity contribution in [2.75, 3.05) is 6.61 Å². The number of carboxylic acids is 1. The van der Waals surface area contributed by atoms with E-state index in [9.17, 15) is 9.90 Å². The largest absolute Gasteiger partial charge is 0.493 e. The average molecular weight is 286 g/mol. The summed E-state index contributed by atoms with van der Waals surface area (Å²) in [6, 6.07) is 5.59. The van der Waals surface area contributed by atoms with Gasteiger partial charge in [-0.3, -0.25) is 9.97 Å². The van der Waals surface area contributed by atoms with Crippen molar-refractivity contribution < 1.29 is 14.6 Å². The first-order chi connectivity index (χ1) is 10.1. The molecule has 0 aromatic carbocycles. The number of hydrogen-bond donors (Lipinski definition) is 1. The van der Waals surface area contributed by atoms with Crippen LogP contribution in [0.4, 0.5) is 0 Å². The van der Waals surface area contributed by atoms with E-state index in [2.05, 4.69) is 9.97 Å². The predicted octanol–water partition coefficient (Wildman–Crippen LogP) is 2.80. The van der Waals surface area contributed by atoms with E-state index < -0.39 is 5.97 Å². The van der Waals surface area contributed by atoms with Gasteiger partial charge in [0.2, 0.25) is 0 Å². The van der Waals surface area contributed by atoms with Crippen LogP contribution in [0, 0.1) is 13.8 Å². The zero-order valence-electron chi connectivity index (χ0n) is 12.2. The van der Waals surface area contributed by atoms with Crippen LogP contribution in [0.15, 0.2) is 30.6 Å². The fraction of sp³-hybridized carbons (Fsp3) is 0.312. The van der Waals surface area contributed by atoms with Crippen LogP contribution >= 0.6 is 0 Å². The quantitative estimate of drug-likeness (QED) is 0.827. The highest BCUT2D eigenvalue weighted by Crippen LogP contribution is 2.22. The molecule has 5 nitrogen and oxygen atoms in total. The van der Waals surface area contributed by atoms with E-state index in [0.29, 0.717) is 18.1 Å². The third-order valence-electron chi connectivity index (χ3n) is 3.12. The minimum Gasteiger partial charge on any atom is -0.493 e. The molecule has 0 fully saturated rings. The molecule has 0 bridgehead atoms. The van der Waals surface area contributed by atoms with Crippen LogP contribution in [-0.2, 0) is 6.42 Å². The number of hydrogen-bond acceptors (Lipinski definition) is 4. The number of carboxylic acid groups (broad SMARTS) is 1. The Kier molecular flexibility index (Phi) is 4.87. The van der Waals surface area contributed by atoms with E-state index in [1.165, 1.54) is 5.56 Å². The van der Waals surface area contributed by atoms with Crippen molar-refractivity contribution in [1.82, 2.24) is 9.97 Å². The first-order valence-corrected chi connectivity index (χ1v) is 6.81. The zero-order chi connectivity index (χ0) is 15.2. The molecule has 2 aromatic rings. The normalized spacial score (nSPS) is 10.4. The van der Waals surface area contributed by atoms with Gasteiger partial charge in [-0.2, -0.15) is 0 Å². The van der Waals surface area contributed by atoms with Gasteiger partial charge in [0.05, 0.1) is 12.3 Å². The Labute approximate surface area is 123 Å². The Bertz CT molecular complexity index is 627. The molecule has 0 unspecified atom stereocenters. The molecule has 0 aliphatic rings. The molecule has 0 radical (unpaired) electrons. The van der Waals surface area contributed by atoms with Gasteiger partial charge in [0.1, 0.15) is 11.3 Å². The highest BCUT2D eigenvalue weighted by atomic mass is 16.5. The third kappa shape index (κ3) is 4.02. The molecule has 0 amide bonds. The summed E-state index contributed by atoms with van der Waals surface area (Å²) < 4.78 is 5.65. The fourth-order valence-electron chi connectivity index (χ4n) is 2.17. The Balaban J connectivity index is 1.98. The number of ether oxygens (including phenoxy) is 1. The summed E-state index contributed by atoms with van der Waals surface area (Å²) >= 11 is 0. The molecule has 21 heavy (non-hydrogen) atoms. The van der Waals surface area contributed by atoms with Gasteiger partial charge in [-0.15, -0.1) is 0 Å². The highest BCUT2D eigenvalue weighted by Gasteiger charge is 2.16. The lowest BCUT2D eigenvalue weighted by atomic mass is 10.1. The molecule has 2 heterocycles. The van der Waals surface area contributed by atoms with Gasteiger partial charge < -0.3 is 9.84 Å². The van der Waals surface area contributed by atoms with Gasteiger partial charge in [0.15, 0.2) is 0 Å². The molecule has 0 saturated heterocycles. The van der Waals surface area contributed by atoms with E-state index in [1.54, 1.807) is 25.4 Å². The van der Waals surface area contributed by atoms with Crippen molar-refractivity contribution in [1.29, 1.82) is 0 Å². The van der Waals surface area contributed by atoms with Crippen LogP contribution in [0.2, 0.25) is 0 Å². The van der Waals surface area contributed by atoms with Gasteiger partial charge in [0.25, 0.3) is 0 Å². The minimum absolute atomic E-state index is 0.143. The second-order valence-electron chi connectivity index (χ2n) is 4.83. The Morgan fingerprint density at radius 1 is 1.29 bits per heavy atom. The van der Waals surface area contributed by atoms with Gasteiger partial charge in [-0.1, -0.05) is 0 Å². The van der Waals surface area contributed by atoms with E-state index in [1.807, 2.05) is 19.1 Å². The van der Waals surface area contributed by atoms with Crippen LogP contribution in [0.1, 0.15) is 33.7 Å². The number of nitrogens with zero attached hydrogens (tertiary/aromatic N) is 2. The maximum Gasteiger partial charge on any atom is 0.341 e.